The zero-order chi connectivity index (χ0) is 22.3. The fraction of sp³-hybridized carbons (Fsp3) is 0.182. The predicted molar refractivity (Wildman–Crippen MR) is 127 cm³/mol. The van der Waals surface area contributed by atoms with E-state index in [4.69, 9.17) is 9.47 Å². The lowest BCUT2D eigenvalue weighted by Crippen LogP contribution is -2.14. The number of aromatic nitrogens is 4. The van der Waals surface area contributed by atoms with E-state index in [1.807, 2.05) is 53.1 Å². The molecule has 0 spiro atoms. The van der Waals surface area contributed by atoms with Gasteiger partial charge in [-0.15, -0.1) is 16.8 Å². The molecule has 0 fully saturated rings. The van der Waals surface area contributed by atoms with Crippen molar-refractivity contribution in [1.82, 2.24) is 19.7 Å². The van der Waals surface area contributed by atoms with Gasteiger partial charge in [0.15, 0.2) is 16.1 Å². The number of ether oxygens (including phenoxy) is 2. The van der Waals surface area contributed by atoms with Gasteiger partial charge < -0.3 is 14.8 Å². The minimum absolute atomic E-state index is 0.154. The summed E-state index contributed by atoms with van der Waals surface area (Å²) >= 11 is 2.75. The summed E-state index contributed by atoms with van der Waals surface area (Å²) in [6, 6.07) is 15.1. The van der Waals surface area contributed by atoms with Crippen LogP contribution in [0.25, 0.3) is 10.2 Å². The number of nitrogens with one attached hydrogen (secondary N) is 1. The van der Waals surface area contributed by atoms with Gasteiger partial charge in [0.2, 0.25) is 5.91 Å². The molecular weight excluding hydrogens is 446 g/mol. The number of hydrogen-bond acceptors (Lipinski definition) is 8. The van der Waals surface area contributed by atoms with Crippen molar-refractivity contribution in [3.8, 4) is 11.5 Å². The second kappa shape index (κ2) is 10.3. The Morgan fingerprint density at radius 1 is 1.19 bits per heavy atom. The van der Waals surface area contributed by atoms with Gasteiger partial charge in [-0.25, -0.2) is 4.98 Å². The zero-order valence-electron chi connectivity index (χ0n) is 17.4. The van der Waals surface area contributed by atoms with Gasteiger partial charge in [-0.3, -0.25) is 9.36 Å². The topological polar surface area (TPSA) is 91.2 Å². The van der Waals surface area contributed by atoms with Crippen molar-refractivity contribution in [2.75, 3.05) is 18.2 Å². The second-order valence-corrected chi connectivity index (χ2v) is 8.56. The maximum atomic E-state index is 12.4. The first-order valence-electron chi connectivity index (χ1n) is 9.74. The van der Waals surface area contributed by atoms with Gasteiger partial charge >= 0.3 is 0 Å². The number of nitrogens with zero attached hydrogens (tertiary/aromatic N) is 4. The van der Waals surface area contributed by atoms with E-state index in [0.29, 0.717) is 28.4 Å². The van der Waals surface area contributed by atoms with Gasteiger partial charge in [-0.05, 0) is 36.4 Å². The summed E-state index contributed by atoms with van der Waals surface area (Å²) in [6.07, 6.45) is 1.76. The molecule has 0 aliphatic carbocycles. The van der Waals surface area contributed by atoms with E-state index >= 15 is 0 Å². The Balaban J connectivity index is 1.36. The lowest BCUT2D eigenvalue weighted by molar-refractivity contribution is -0.113. The number of fused-ring (bicyclic) bond motifs is 1. The molecule has 0 saturated carbocycles. The Kier molecular flexibility index (Phi) is 7.03. The monoisotopic (exact) mass is 467 g/mol. The largest absolute Gasteiger partial charge is 0.497 e. The molecule has 1 N–H and O–H groups in total. The third kappa shape index (κ3) is 5.27. The van der Waals surface area contributed by atoms with E-state index in [-0.39, 0.29) is 18.3 Å². The molecule has 4 rings (SSSR count). The van der Waals surface area contributed by atoms with E-state index in [1.165, 1.54) is 23.1 Å². The van der Waals surface area contributed by atoms with E-state index in [1.54, 1.807) is 13.2 Å². The van der Waals surface area contributed by atoms with Crippen molar-refractivity contribution in [2.45, 2.75) is 18.3 Å². The number of anilines is 1. The zero-order valence-corrected chi connectivity index (χ0v) is 19.0. The molecule has 0 aliphatic rings. The van der Waals surface area contributed by atoms with Crippen molar-refractivity contribution in [1.29, 1.82) is 0 Å². The van der Waals surface area contributed by atoms with Crippen LogP contribution in [-0.2, 0) is 17.9 Å². The van der Waals surface area contributed by atoms with Crippen molar-refractivity contribution in [3.63, 3.8) is 0 Å². The summed E-state index contributed by atoms with van der Waals surface area (Å²) in [5, 5.41) is 12.5. The molecule has 0 saturated heterocycles. The highest BCUT2D eigenvalue weighted by Crippen LogP contribution is 2.26. The number of para-hydroxylation sites is 1. The Morgan fingerprint density at radius 3 is 2.72 bits per heavy atom. The first-order chi connectivity index (χ1) is 15.7. The van der Waals surface area contributed by atoms with Gasteiger partial charge in [-0.2, -0.15) is 0 Å². The van der Waals surface area contributed by atoms with Crippen molar-refractivity contribution in [3.05, 3.63) is 67.0 Å². The van der Waals surface area contributed by atoms with Crippen LogP contribution >= 0.6 is 23.1 Å². The molecule has 0 radical (unpaired) electrons. The Hall–Kier alpha value is -3.37. The Labute approximate surface area is 193 Å². The van der Waals surface area contributed by atoms with Crippen LogP contribution in [0.1, 0.15) is 5.82 Å². The number of hydrogen-bond donors (Lipinski definition) is 1. The molecule has 0 unspecified atom stereocenters. The molecule has 8 nitrogen and oxygen atoms in total. The molecule has 4 aromatic rings. The SMILES string of the molecule is C=CCn1c(COc2ccc(OC)cc2)nnc1SCC(=O)Nc1nc2ccccc2s1. The minimum atomic E-state index is -0.154. The van der Waals surface area contributed by atoms with Crippen LogP contribution in [0.4, 0.5) is 5.13 Å². The highest BCUT2D eigenvalue weighted by atomic mass is 32.2. The van der Waals surface area contributed by atoms with Crippen LogP contribution in [0.5, 0.6) is 11.5 Å². The number of carbonyl (C=O) groups is 1. The third-order valence-electron chi connectivity index (χ3n) is 4.41. The molecule has 0 aliphatic heterocycles. The van der Waals surface area contributed by atoms with Crippen LogP contribution in [0.15, 0.2) is 66.3 Å². The molecule has 10 heteroatoms. The summed E-state index contributed by atoms with van der Waals surface area (Å²) in [5.41, 5.74) is 0.868. The smallest absolute Gasteiger partial charge is 0.236 e. The van der Waals surface area contributed by atoms with Crippen LogP contribution in [0.3, 0.4) is 0 Å². The fourth-order valence-electron chi connectivity index (χ4n) is 2.88. The van der Waals surface area contributed by atoms with Crippen LogP contribution in [-0.4, -0.2) is 38.5 Å². The summed E-state index contributed by atoms with van der Waals surface area (Å²) in [6.45, 7) is 4.55. The van der Waals surface area contributed by atoms with Crippen molar-refractivity contribution < 1.29 is 14.3 Å². The van der Waals surface area contributed by atoms with Crippen LogP contribution in [0, 0.1) is 0 Å². The van der Waals surface area contributed by atoms with E-state index in [9.17, 15) is 4.79 Å². The van der Waals surface area contributed by atoms with Crippen molar-refractivity contribution >= 4 is 44.4 Å². The lowest BCUT2D eigenvalue weighted by Gasteiger charge is -2.09. The number of thiazole rings is 1. The van der Waals surface area contributed by atoms with Crippen LogP contribution < -0.4 is 14.8 Å². The first-order valence-corrected chi connectivity index (χ1v) is 11.5. The van der Waals surface area contributed by atoms with E-state index < -0.39 is 0 Å². The predicted octanol–water partition coefficient (Wildman–Crippen LogP) is 4.39. The molecule has 32 heavy (non-hydrogen) atoms. The Bertz CT molecular complexity index is 1190. The normalized spacial score (nSPS) is 10.8. The molecular formula is C22H21N5O3S2. The van der Waals surface area contributed by atoms with Gasteiger partial charge in [0.1, 0.15) is 18.1 Å². The molecule has 0 bridgehead atoms. The quantitative estimate of drug-likeness (QED) is 0.273. The lowest BCUT2D eigenvalue weighted by atomic mass is 10.3. The molecule has 0 atom stereocenters. The third-order valence-corrected chi connectivity index (χ3v) is 6.32. The molecule has 2 heterocycles. The van der Waals surface area contributed by atoms with Gasteiger partial charge in [0.25, 0.3) is 0 Å². The highest BCUT2D eigenvalue weighted by Gasteiger charge is 2.15. The number of methoxy groups -OCH3 is 1. The molecule has 2 aromatic carbocycles. The summed E-state index contributed by atoms with van der Waals surface area (Å²) in [7, 11) is 1.62. The van der Waals surface area contributed by atoms with Crippen LogP contribution in [0.2, 0.25) is 0 Å². The second-order valence-electron chi connectivity index (χ2n) is 6.59. The molecule has 164 valence electrons. The van der Waals surface area contributed by atoms with Gasteiger partial charge in [0.05, 0.1) is 23.1 Å². The number of carbonyl (C=O) groups excluding carboxylic acids is 1. The van der Waals surface area contributed by atoms with E-state index in [2.05, 4.69) is 27.1 Å². The van der Waals surface area contributed by atoms with Gasteiger partial charge in [0, 0.05) is 6.54 Å². The number of rotatable bonds is 10. The van der Waals surface area contributed by atoms with E-state index in [0.717, 1.165) is 16.0 Å². The average molecular weight is 468 g/mol. The fourth-order valence-corrected chi connectivity index (χ4v) is 4.52. The maximum absolute atomic E-state index is 12.4. The average Bonchev–Trinajstić information content (AvgIpc) is 3.40. The summed E-state index contributed by atoms with van der Waals surface area (Å²) in [4.78, 5) is 16.9. The Morgan fingerprint density at radius 2 is 1.97 bits per heavy atom. The molecule has 1 amide bonds. The van der Waals surface area contributed by atoms with Crippen molar-refractivity contribution in [2.24, 2.45) is 0 Å². The maximum Gasteiger partial charge on any atom is 0.236 e. The standard InChI is InChI=1S/C22H21N5O3S2/c1-3-12-27-19(13-30-16-10-8-15(29-2)9-11-16)25-26-22(27)31-14-20(28)24-21-23-17-6-4-5-7-18(17)32-21/h3-11H,1,12-14H2,2H3,(H,23,24,28). The molecule has 2 aromatic heterocycles. The summed E-state index contributed by atoms with van der Waals surface area (Å²) < 4.78 is 13.9. The number of allylic oxidation sites excluding steroid dienone is 1. The minimum Gasteiger partial charge on any atom is -0.497 e. The van der Waals surface area contributed by atoms with Gasteiger partial charge in [-0.1, -0.05) is 41.3 Å². The summed E-state index contributed by atoms with van der Waals surface area (Å²) in [5.74, 6) is 2.14. The number of benzene rings is 2. The number of thioether (sulfide) groups is 1. The number of amides is 1. The first kappa shape index (κ1) is 21.8. The highest BCUT2D eigenvalue weighted by molar-refractivity contribution is 7.99.